The van der Waals surface area contributed by atoms with Gasteiger partial charge in [-0.2, -0.15) is 0 Å². The average Bonchev–Trinajstić information content (AvgIpc) is 2.43. The number of nitrogens with one attached hydrogen (secondary N) is 3. The molecule has 0 saturated carbocycles. The van der Waals surface area contributed by atoms with Crippen molar-refractivity contribution in [3.05, 3.63) is 35.9 Å². The first-order chi connectivity index (χ1) is 10.8. The zero-order valence-electron chi connectivity index (χ0n) is 14.9. The molecule has 0 spiro atoms. The highest BCUT2D eigenvalue weighted by Gasteiger charge is 2.37. The third-order valence-corrected chi connectivity index (χ3v) is 4.41. The molecule has 0 bridgehead atoms. The maximum absolute atomic E-state index is 11.9. The first-order valence-electron chi connectivity index (χ1n) is 8.61. The topological polar surface area (TPSA) is 53.2 Å². The lowest BCUT2D eigenvalue weighted by Crippen LogP contribution is -2.58. The molecule has 128 valence electrons. The Hall–Kier alpha value is -1.55. The van der Waals surface area contributed by atoms with E-state index in [0.29, 0.717) is 12.5 Å². The summed E-state index contributed by atoms with van der Waals surface area (Å²) in [6, 6.07) is 9.89. The van der Waals surface area contributed by atoms with Gasteiger partial charge in [-0.1, -0.05) is 30.3 Å². The molecule has 1 aliphatic rings. The minimum Gasteiger partial charge on any atom is -0.338 e. The summed E-state index contributed by atoms with van der Waals surface area (Å²) in [4.78, 5) is 11.9. The van der Waals surface area contributed by atoms with Crippen LogP contribution >= 0.6 is 0 Å². The van der Waals surface area contributed by atoms with Gasteiger partial charge in [0.15, 0.2) is 0 Å². The molecule has 1 aliphatic heterocycles. The third-order valence-electron chi connectivity index (χ3n) is 4.41. The van der Waals surface area contributed by atoms with Gasteiger partial charge in [0.25, 0.3) is 0 Å². The van der Waals surface area contributed by atoms with Crippen molar-refractivity contribution >= 4 is 6.03 Å². The molecule has 1 aromatic carbocycles. The molecule has 4 heteroatoms. The molecule has 1 aromatic rings. The minimum absolute atomic E-state index is 0.0821. The lowest BCUT2D eigenvalue weighted by molar-refractivity contribution is 0.124. The van der Waals surface area contributed by atoms with Gasteiger partial charge in [0.05, 0.1) is 0 Å². The molecule has 2 rings (SSSR count). The van der Waals surface area contributed by atoms with Crippen LogP contribution in [0.15, 0.2) is 30.3 Å². The molecule has 0 unspecified atom stereocenters. The lowest BCUT2D eigenvalue weighted by Gasteiger charge is -2.46. The smallest absolute Gasteiger partial charge is 0.315 e. The van der Waals surface area contributed by atoms with Gasteiger partial charge in [0.1, 0.15) is 0 Å². The van der Waals surface area contributed by atoms with Gasteiger partial charge < -0.3 is 16.0 Å². The van der Waals surface area contributed by atoms with Gasteiger partial charge in [0.2, 0.25) is 0 Å². The summed E-state index contributed by atoms with van der Waals surface area (Å²) in [5.74, 6) is 0.649. The Kier molecular flexibility index (Phi) is 5.69. The molecular formula is C19H31N3O. The van der Waals surface area contributed by atoms with Crippen LogP contribution in [0.25, 0.3) is 0 Å². The maximum atomic E-state index is 11.9. The highest BCUT2D eigenvalue weighted by atomic mass is 16.2. The van der Waals surface area contributed by atoms with Crippen molar-refractivity contribution in [2.45, 2.75) is 64.6 Å². The SMILES string of the molecule is CC1(C)CC(CCNC(=O)NCc2ccccc2)CC(C)(C)N1. The fraction of sp³-hybridized carbons (Fsp3) is 0.632. The van der Waals surface area contributed by atoms with Gasteiger partial charge in [-0.05, 0) is 58.4 Å². The molecule has 0 atom stereocenters. The molecule has 1 heterocycles. The largest absolute Gasteiger partial charge is 0.338 e. The Bertz CT molecular complexity index is 495. The highest BCUT2D eigenvalue weighted by Crippen LogP contribution is 2.34. The Morgan fingerprint density at radius 2 is 1.70 bits per heavy atom. The number of benzene rings is 1. The Labute approximate surface area is 140 Å². The molecule has 0 aromatic heterocycles. The van der Waals surface area contributed by atoms with Crippen LogP contribution in [0.4, 0.5) is 4.79 Å². The normalized spacial score (nSPS) is 20.0. The molecule has 4 nitrogen and oxygen atoms in total. The molecule has 0 aliphatic carbocycles. The summed E-state index contributed by atoms with van der Waals surface area (Å²) in [5, 5.41) is 9.59. The fourth-order valence-electron chi connectivity index (χ4n) is 3.97. The predicted octanol–water partition coefficient (Wildman–Crippen LogP) is 3.43. The van der Waals surface area contributed by atoms with Gasteiger partial charge in [0, 0.05) is 24.2 Å². The Morgan fingerprint density at radius 1 is 1.09 bits per heavy atom. The van der Waals surface area contributed by atoms with E-state index in [2.05, 4.69) is 43.6 Å². The van der Waals surface area contributed by atoms with Crippen molar-refractivity contribution < 1.29 is 4.79 Å². The number of carbonyl (C=O) groups excluding carboxylic acids is 1. The molecule has 1 saturated heterocycles. The van der Waals surface area contributed by atoms with Crippen LogP contribution in [-0.2, 0) is 6.54 Å². The van der Waals surface area contributed by atoms with Crippen LogP contribution in [0.1, 0.15) is 52.5 Å². The number of urea groups is 1. The van der Waals surface area contributed by atoms with E-state index in [1.807, 2.05) is 30.3 Å². The fourth-order valence-corrected chi connectivity index (χ4v) is 3.97. The zero-order valence-corrected chi connectivity index (χ0v) is 14.9. The molecule has 0 radical (unpaired) electrons. The molecule has 1 fully saturated rings. The van der Waals surface area contributed by atoms with Gasteiger partial charge >= 0.3 is 6.03 Å². The van der Waals surface area contributed by atoms with Gasteiger partial charge in [-0.25, -0.2) is 4.79 Å². The van der Waals surface area contributed by atoms with Crippen LogP contribution in [0, 0.1) is 5.92 Å². The van der Waals surface area contributed by atoms with E-state index in [9.17, 15) is 4.79 Å². The van der Waals surface area contributed by atoms with E-state index >= 15 is 0 Å². The summed E-state index contributed by atoms with van der Waals surface area (Å²) in [6.45, 7) is 10.4. The van der Waals surface area contributed by atoms with Crippen LogP contribution in [-0.4, -0.2) is 23.7 Å². The number of hydrogen-bond donors (Lipinski definition) is 3. The summed E-state index contributed by atoms with van der Waals surface area (Å²) in [7, 11) is 0. The summed E-state index contributed by atoms with van der Waals surface area (Å²) in [5.41, 5.74) is 1.45. The number of amides is 2. The number of rotatable bonds is 5. The minimum atomic E-state index is -0.0821. The Balaban J connectivity index is 1.69. The van der Waals surface area contributed by atoms with E-state index in [-0.39, 0.29) is 17.1 Å². The van der Waals surface area contributed by atoms with Crippen molar-refractivity contribution in [3.8, 4) is 0 Å². The van der Waals surface area contributed by atoms with Crippen LogP contribution in [0.5, 0.6) is 0 Å². The summed E-state index contributed by atoms with van der Waals surface area (Å²) in [6.07, 6.45) is 3.35. The maximum Gasteiger partial charge on any atom is 0.315 e. The molecule has 2 amide bonds. The van der Waals surface area contributed by atoms with Crippen molar-refractivity contribution in [2.24, 2.45) is 5.92 Å². The standard InChI is InChI=1S/C19H31N3O/c1-18(2)12-16(13-19(3,4)22-18)10-11-20-17(23)21-14-15-8-6-5-7-9-15/h5-9,16,22H,10-14H2,1-4H3,(H2,20,21,23). The van der Waals surface area contributed by atoms with E-state index in [4.69, 9.17) is 0 Å². The second-order valence-corrected chi connectivity index (χ2v) is 8.05. The summed E-state index contributed by atoms with van der Waals surface area (Å²) >= 11 is 0. The van der Waals surface area contributed by atoms with Crippen molar-refractivity contribution in [1.29, 1.82) is 0 Å². The number of hydrogen-bond acceptors (Lipinski definition) is 2. The van der Waals surface area contributed by atoms with Gasteiger partial charge in [-0.15, -0.1) is 0 Å². The average molecular weight is 317 g/mol. The van der Waals surface area contributed by atoms with Gasteiger partial charge in [-0.3, -0.25) is 0 Å². The van der Waals surface area contributed by atoms with Crippen molar-refractivity contribution in [2.75, 3.05) is 6.54 Å². The second-order valence-electron chi connectivity index (χ2n) is 8.05. The van der Waals surface area contributed by atoms with Crippen LogP contribution < -0.4 is 16.0 Å². The highest BCUT2D eigenvalue weighted by molar-refractivity contribution is 5.73. The van der Waals surface area contributed by atoms with E-state index < -0.39 is 0 Å². The zero-order chi connectivity index (χ0) is 16.9. The first-order valence-corrected chi connectivity index (χ1v) is 8.61. The quantitative estimate of drug-likeness (QED) is 0.779. The second kappa shape index (κ2) is 7.35. The van der Waals surface area contributed by atoms with E-state index in [0.717, 1.165) is 31.4 Å². The Morgan fingerprint density at radius 3 is 2.30 bits per heavy atom. The van der Waals surface area contributed by atoms with Crippen molar-refractivity contribution in [1.82, 2.24) is 16.0 Å². The lowest BCUT2D eigenvalue weighted by atomic mass is 9.75. The van der Waals surface area contributed by atoms with Crippen LogP contribution in [0.3, 0.4) is 0 Å². The monoisotopic (exact) mass is 317 g/mol. The van der Waals surface area contributed by atoms with E-state index in [1.165, 1.54) is 0 Å². The number of carbonyl (C=O) groups is 1. The molecular weight excluding hydrogens is 286 g/mol. The summed E-state index contributed by atoms with van der Waals surface area (Å²) < 4.78 is 0. The first kappa shape index (κ1) is 17.8. The van der Waals surface area contributed by atoms with Crippen molar-refractivity contribution in [3.63, 3.8) is 0 Å². The number of piperidine rings is 1. The third kappa shape index (κ3) is 6.22. The van der Waals surface area contributed by atoms with Crippen LogP contribution in [0.2, 0.25) is 0 Å². The van der Waals surface area contributed by atoms with E-state index in [1.54, 1.807) is 0 Å². The molecule has 23 heavy (non-hydrogen) atoms. The molecule has 3 N–H and O–H groups in total. The predicted molar refractivity (Wildman–Crippen MR) is 95.3 cm³/mol.